The molecule has 1 aliphatic heterocycles. The summed E-state index contributed by atoms with van der Waals surface area (Å²) in [5.41, 5.74) is 5.72. The highest BCUT2D eigenvalue weighted by atomic mass is 79.9. The van der Waals surface area contributed by atoms with E-state index in [0.29, 0.717) is 12.5 Å². The lowest BCUT2D eigenvalue weighted by molar-refractivity contribution is 0.180. The van der Waals surface area contributed by atoms with Crippen LogP contribution in [0, 0.1) is 0 Å². The maximum atomic E-state index is 6.04. The largest absolute Gasteiger partial charge is 0.452 e. The van der Waals surface area contributed by atoms with E-state index in [1.54, 1.807) is 11.3 Å². The van der Waals surface area contributed by atoms with Gasteiger partial charge in [0.1, 0.15) is 11.3 Å². The molecule has 0 aliphatic carbocycles. The molecule has 3 rings (SSSR count). The highest BCUT2D eigenvalue weighted by Gasteiger charge is 2.42. The van der Waals surface area contributed by atoms with Crippen LogP contribution in [0.3, 0.4) is 0 Å². The number of rotatable bonds is 3. The van der Waals surface area contributed by atoms with E-state index in [2.05, 4.69) is 44.2 Å². The van der Waals surface area contributed by atoms with Gasteiger partial charge in [0.2, 0.25) is 0 Å². The minimum atomic E-state index is -0.319. The fraction of sp³-hybridized carbons (Fsp3) is 0.308. The summed E-state index contributed by atoms with van der Waals surface area (Å²) in [4.78, 5) is 7.75. The van der Waals surface area contributed by atoms with Crippen molar-refractivity contribution in [3.63, 3.8) is 0 Å². The average molecular weight is 340 g/mol. The Balaban J connectivity index is 1.92. The first kappa shape index (κ1) is 12.7. The third-order valence-corrected chi connectivity index (χ3v) is 4.71. The minimum Gasteiger partial charge on any atom is -0.452 e. The summed E-state index contributed by atoms with van der Waals surface area (Å²) >= 11 is 5.07. The molecular formula is C13H14BrN3OS. The molecule has 2 N–H and O–H groups in total. The van der Waals surface area contributed by atoms with Crippen molar-refractivity contribution in [2.45, 2.75) is 19.0 Å². The van der Waals surface area contributed by atoms with Gasteiger partial charge in [-0.3, -0.25) is 4.99 Å². The quantitative estimate of drug-likeness (QED) is 0.934. The van der Waals surface area contributed by atoms with Crippen LogP contribution in [0.25, 0.3) is 0 Å². The second-order valence-electron chi connectivity index (χ2n) is 4.72. The molecule has 0 fully saturated rings. The molecule has 0 spiro atoms. The van der Waals surface area contributed by atoms with E-state index in [4.69, 9.17) is 10.2 Å². The minimum absolute atomic E-state index is 0.319. The molecule has 19 heavy (non-hydrogen) atoms. The van der Waals surface area contributed by atoms with Gasteiger partial charge in [0, 0.05) is 4.88 Å². The van der Waals surface area contributed by atoms with Crippen LogP contribution in [0.1, 0.15) is 17.6 Å². The van der Waals surface area contributed by atoms with Gasteiger partial charge in [0.25, 0.3) is 0 Å². The Morgan fingerprint density at radius 1 is 1.53 bits per heavy atom. The number of aliphatic imine (C=N–C) groups is 1. The molecule has 0 radical (unpaired) electrons. The van der Waals surface area contributed by atoms with Gasteiger partial charge in [-0.25, -0.2) is 0 Å². The number of nitrogens with zero attached hydrogens (tertiary/aromatic N) is 2. The Kier molecular flexibility index (Phi) is 3.14. The molecule has 1 unspecified atom stereocenters. The number of guanidine groups is 1. The van der Waals surface area contributed by atoms with Crippen LogP contribution in [0.15, 0.2) is 43.7 Å². The van der Waals surface area contributed by atoms with Crippen molar-refractivity contribution in [2.24, 2.45) is 10.7 Å². The van der Waals surface area contributed by atoms with E-state index >= 15 is 0 Å². The molecular weight excluding hydrogens is 326 g/mol. The summed E-state index contributed by atoms with van der Waals surface area (Å²) in [5.74, 6) is 1.45. The smallest absolute Gasteiger partial charge is 0.192 e. The van der Waals surface area contributed by atoms with E-state index in [1.807, 2.05) is 18.2 Å². The second kappa shape index (κ2) is 4.68. The van der Waals surface area contributed by atoms with Gasteiger partial charge in [-0.2, -0.15) is 0 Å². The van der Waals surface area contributed by atoms with E-state index in [1.165, 1.54) is 4.88 Å². The molecule has 0 saturated heterocycles. The molecule has 4 nitrogen and oxygen atoms in total. The summed E-state index contributed by atoms with van der Waals surface area (Å²) < 4.78 is 6.44. The third-order valence-electron chi connectivity index (χ3n) is 3.42. The van der Waals surface area contributed by atoms with Crippen molar-refractivity contribution < 1.29 is 4.42 Å². The molecule has 2 aromatic heterocycles. The zero-order valence-electron chi connectivity index (χ0n) is 10.5. The summed E-state index contributed by atoms with van der Waals surface area (Å²) in [6.07, 6.45) is 0. The van der Waals surface area contributed by atoms with Crippen LogP contribution >= 0.6 is 27.3 Å². The first-order valence-corrected chi connectivity index (χ1v) is 7.62. The zero-order chi connectivity index (χ0) is 13.5. The second-order valence-corrected chi connectivity index (χ2v) is 6.53. The molecule has 2 aromatic rings. The summed E-state index contributed by atoms with van der Waals surface area (Å²) in [6, 6.07) is 8.02. The molecule has 0 bridgehead atoms. The summed E-state index contributed by atoms with van der Waals surface area (Å²) in [5, 5.41) is 2.07. The van der Waals surface area contributed by atoms with Crippen molar-refractivity contribution in [1.82, 2.24) is 4.90 Å². The maximum absolute atomic E-state index is 6.04. The van der Waals surface area contributed by atoms with E-state index in [0.717, 1.165) is 17.0 Å². The van der Waals surface area contributed by atoms with E-state index < -0.39 is 0 Å². The van der Waals surface area contributed by atoms with Crippen molar-refractivity contribution >= 4 is 33.2 Å². The first-order chi connectivity index (χ1) is 9.09. The molecule has 1 aliphatic rings. The van der Waals surface area contributed by atoms with E-state index in [9.17, 15) is 0 Å². The van der Waals surface area contributed by atoms with Crippen molar-refractivity contribution in [2.75, 3.05) is 6.54 Å². The predicted molar refractivity (Wildman–Crippen MR) is 80.1 cm³/mol. The Hall–Kier alpha value is -1.27. The molecule has 1 atom stereocenters. The Morgan fingerprint density at radius 2 is 2.37 bits per heavy atom. The highest BCUT2D eigenvalue weighted by Crippen LogP contribution is 2.36. The van der Waals surface area contributed by atoms with Crippen LogP contribution in [-0.4, -0.2) is 17.4 Å². The molecule has 3 heterocycles. The van der Waals surface area contributed by atoms with Gasteiger partial charge < -0.3 is 15.1 Å². The number of furan rings is 1. The molecule has 6 heteroatoms. The highest BCUT2D eigenvalue weighted by molar-refractivity contribution is 9.10. The molecule has 0 saturated carbocycles. The van der Waals surface area contributed by atoms with Crippen LogP contribution in [0.4, 0.5) is 0 Å². The molecule has 100 valence electrons. The Morgan fingerprint density at radius 3 is 3.00 bits per heavy atom. The normalized spacial score (nSPS) is 22.8. The lowest BCUT2D eigenvalue weighted by atomic mass is 9.98. The average Bonchev–Trinajstić information content (AvgIpc) is 3.08. The van der Waals surface area contributed by atoms with E-state index in [-0.39, 0.29) is 5.54 Å². The van der Waals surface area contributed by atoms with Gasteiger partial charge in [0.05, 0.1) is 13.1 Å². The van der Waals surface area contributed by atoms with Crippen LogP contribution in [0.2, 0.25) is 0 Å². The lowest BCUT2D eigenvalue weighted by Crippen LogP contribution is -2.46. The van der Waals surface area contributed by atoms with Crippen molar-refractivity contribution in [1.29, 1.82) is 0 Å². The zero-order valence-corrected chi connectivity index (χ0v) is 12.9. The van der Waals surface area contributed by atoms with Gasteiger partial charge in [-0.1, -0.05) is 6.07 Å². The fourth-order valence-electron chi connectivity index (χ4n) is 2.29. The maximum Gasteiger partial charge on any atom is 0.192 e. The number of thiophene rings is 1. The first-order valence-electron chi connectivity index (χ1n) is 5.95. The monoisotopic (exact) mass is 339 g/mol. The fourth-order valence-corrected chi connectivity index (χ4v) is 3.29. The third kappa shape index (κ3) is 2.19. The van der Waals surface area contributed by atoms with Gasteiger partial charge in [-0.15, -0.1) is 11.3 Å². The van der Waals surface area contributed by atoms with Crippen molar-refractivity contribution in [3.8, 4) is 0 Å². The summed E-state index contributed by atoms with van der Waals surface area (Å²) in [6.45, 7) is 3.47. The number of hydrogen-bond donors (Lipinski definition) is 1. The Labute approximate surface area is 124 Å². The Bertz CT molecular complexity index is 607. The molecule has 0 amide bonds. The van der Waals surface area contributed by atoms with Crippen LogP contribution < -0.4 is 5.73 Å². The van der Waals surface area contributed by atoms with Gasteiger partial charge in [0.15, 0.2) is 10.6 Å². The topological polar surface area (TPSA) is 54.8 Å². The van der Waals surface area contributed by atoms with Gasteiger partial charge >= 0.3 is 0 Å². The standard InChI is InChI=1S/C13H14BrN3OS/c1-13(10-4-5-11(14)18-10)8-16-12(15)17(13)7-9-3-2-6-19-9/h2-6H,7-8H2,1H3,(H2,15,16). The summed E-state index contributed by atoms with van der Waals surface area (Å²) in [7, 11) is 0. The number of nitrogens with two attached hydrogens (primary N) is 1. The molecule has 0 aromatic carbocycles. The van der Waals surface area contributed by atoms with Crippen LogP contribution in [0.5, 0.6) is 0 Å². The van der Waals surface area contributed by atoms with Gasteiger partial charge in [-0.05, 0) is 46.4 Å². The SMILES string of the molecule is CC1(c2ccc(Br)o2)CN=C(N)N1Cc1cccs1. The van der Waals surface area contributed by atoms with Crippen LogP contribution in [-0.2, 0) is 12.1 Å². The number of hydrogen-bond acceptors (Lipinski definition) is 5. The predicted octanol–water partition coefficient (Wildman–Crippen LogP) is 3.15. The lowest BCUT2D eigenvalue weighted by Gasteiger charge is -2.34. The number of halogens is 1. The van der Waals surface area contributed by atoms with Crippen molar-refractivity contribution in [3.05, 3.63) is 45.0 Å².